The third-order valence-electron chi connectivity index (χ3n) is 5.64. The molecule has 100 valence electrons. The summed E-state index contributed by atoms with van der Waals surface area (Å²) < 4.78 is 5.04. The van der Waals surface area contributed by atoms with Crippen LogP contribution in [0, 0.1) is 22.7 Å². The molecule has 4 atom stereocenters. The fraction of sp³-hybridized carbons (Fsp3) is 0.800. The van der Waals surface area contributed by atoms with Crippen LogP contribution in [0.3, 0.4) is 0 Å². The molecule has 1 saturated carbocycles. The van der Waals surface area contributed by atoms with E-state index in [-0.39, 0.29) is 22.7 Å². The van der Waals surface area contributed by atoms with E-state index in [1.54, 1.807) is 0 Å². The first-order valence-electron chi connectivity index (χ1n) is 6.95. The van der Waals surface area contributed by atoms with Crippen molar-refractivity contribution in [2.24, 2.45) is 22.7 Å². The Balaban J connectivity index is 2.06. The number of ether oxygens (including phenoxy) is 1. The van der Waals surface area contributed by atoms with Crippen molar-refractivity contribution in [1.29, 1.82) is 0 Å². The molecule has 3 rings (SSSR count). The number of fused-ring (bicyclic) bond motifs is 3. The summed E-state index contributed by atoms with van der Waals surface area (Å²) in [5.74, 6) is 0.0931. The largest absolute Gasteiger partial charge is 0.432 e. The van der Waals surface area contributed by atoms with Crippen molar-refractivity contribution < 1.29 is 14.6 Å². The Bertz CT molecular complexity index is 423. The van der Waals surface area contributed by atoms with Crippen LogP contribution >= 0.6 is 0 Å². The molecule has 1 heterocycles. The lowest BCUT2D eigenvalue weighted by molar-refractivity contribution is -0.165. The molecular formula is C15H22O3. The van der Waals surface area contributed by atoms with Gasteiger partial charge in [-0.2, -0.15) is 0 Å². The molecule has 1 saturated heterocycles. The smallest absolute Gasteiger partial charge is 0.336 e. The van der Waals surface area contributed by atoms with Crippen molar-refractivity contribution in [1.82, 2.24) is 0 Å². The zero-order valence-corrected chi connectivity index (χ0v) is 11.4. The molecule has 2 aliphatic carbocycles. The average Bonchev–Trinajstić information content (AvgIpc) is 2.54. The van der Waals surface area contributed by atoms with Gasteiger partial charge in [0.2, 0.25) is 6.29 Å². The van der Waals surface area contributed by atoms with Gasteiger partial charge in [-0.05, 0) is 36.0 Å². The van der Waals surface area contributed by atoms with E-state index in [0.29, 0.717) is 5.92 Å². The highest BCUT2D eigenvalue weighted by Gasteiger charge is 2.59. The van der Waals surface area contributed by atoms with Crippen LogP contribution in [-0.4, -0.2) is 17.4 Å². The molecule has 0 amide bonds. The maximum atomic E-state index is 11.7. The quantitative estimate of drug-likeness (QED) is 0.672. The van der Waals surface area contributed by atoms with Crippen LogP contribution in [0.5, 0.6) is 0 Å². The topological polar surface area (TPSA) is 46.5 Å². The van der Waals surface area contributed by atoms with Crippen molar-refractivity contribution in [3.05, 3.63) is 11.6 Å². The van der Waals surface area contributed by atoms with E-state index in [9.17, 15) is 9.90 Å². The van der Waals surface area contributed by atoms with Crippen LogP contribution in [0.2, 0.25) is 0 Å². The summed E-state index contributed by atoms with van der Waals surface area (Å²) in [4.78, 5) is 11.7. The van der Waals surface area contributed by atoms with Crippen molar-refractivity contribution in [3.8, 4) is 0 Å². The summed E-state index contributed by atoms with van der Waals surface area (Å²) in [6.07, 6.45) is 5.50. The van der Waals surface area contributed by atoms with E-state index in [0.717, 1.165) is 18.4 Å². The van der Waals surface area contributed by atoms with Crippen LogP contribution in [0.25, 0.3) is 0 Å². The first kappa shape index (κ1) is 12.2. The molecule has 3 aliphatic rings. The van der Waals surface area contributed by atoms with Crippen molar-refractivity contribution in [3.63, 3.8) is 0 Å². The minimum atomic E-state index is -0.939. The zero-order valence-electron chi connectivity index (χ0n) is 11.4. The first-order valence-corrected chi connectivity index (χ1v) is 6.95. The lowest BCUT2D eigenvalue weighted by atomic mass is 9.49. The molecule has 18 heavy (non-hydrogen) atoms. The molecule has 0 aromatic heterocycles. The third kappa shape index (κ3) is 1.43. The van der Waals surface area contributed by atoms with Crippen LogP contribution in [0.4, 0.5) is 0 Å². The van der Waals surface area contributed by atoms with E-state index in [2.05, 4.69) is 20.8 Å². The number of aliphatic hydroxyl groups is 1. The lowest BCUT2D eigenvalue weighted by Crippen LogP contribution is -2.50. The zero-order chi connectivity index (χ0) is 13.1. The van der Waals surface area contributed by atoms with Gasteiger partial charge in [0, 0.05) is 5.57 Å². The highest BCUT2D eigenvalue weighted by molar-refractivity contribution is 5.91. The van der Waals surface area contributed by atoms with Gasteiger partial charge in [-0.15, -0.1) is 0 Å². The average molecular weight is 250 g/mol. The predicted octanol–water partition coefficient (Wildman–Crippen LogP) is 2.64. The van der Waals surface area contributed by atoms with Crippen LogP contribution in [-0.2, 0) is 9.53 Å². The Labute approximate surface area is 108 Å². The van der Waals surface area contributed by atoms with Gasteiger partial charge in [0.1, 0.15) is 0 Å². The molecule has 3 nitrogen and oxygen atoms in total. The van der Waals surface area contributed by atoms with Crippen LogP contribution in [0.1, 0.15) is 46.5 Å². The molecule has 0 spiro atoms. The van der Waals surface area contributed by atoms with Gasteiger partial charge >= 0.3 is 5.97 Å². The number of hydrogen-bond acceptors (Lipinski definition) is 3. The third-order valence-corrected chi connectivity index (χ3v) is 5.64. The van der Waals surface area contributed by atoms with E-state index >= 15 is 0 Å². The SMILES string of the molecule is CC1(C)CCC[C@]2(C)C3C(=CC[C@@H]12)C(=O)O[C@H]3O. The van der Waals surface area contributed by atoms with Gasteiger partial charge in [0.15, 0.2) is 0 Å². The standard InChI is InChI=1S/C15H22O3/c1-14(2)7-4-8-15(3)10(14)6-5-9-11(15)13(17)18-12(9)16/h5,10-11,13,17H,4,6-8H2,1-3H3/t10-,11?,13+,15-/m0/s1. The molecule has 0 aromatic carbocycles. The molecule has 2 fully saturated rings. The highest BCUT2D eigenvalue weighted by atomic mass is 16.6. The van der Waals surface area contributed by atoms with E-state index in [1.165, 1.54) is 12.8 Å². The Morgan fingerprint density at radius 3 is 2.78 bits per heavy atom. The second-order valence-electron chi connectivity index (χ2n) is 7.07. The Morgan fingerprint density at radius 1 is 1.33 bits per heavy atom. The Morgan fingerprint density at radius 2 is 2.06 bits per heavy atom. The minimum absolute atomic E-state index is 0.00257. The summed E-state index contributed by atoms with van der Waals surface area (Å²) >= 11 is 0. The van der Waals surface area contributed by atoms with E-state index in [1.807, 2.05) is 6.08 Å². The first-order chi connectivity index (χ1) is 8.36. The van der Waals surface area contributed by atoms with Crippen molar-refractivity contribution >= 4 is 5.97 Å². The highest BCUT2D eigenvalue weighted by Crippen LogP contribution is 2.61. The number of hydrogen-bond donors (Lipinski definition) is 1. The minimum Gasteiger partial charge on any atom is -0.432 e. The fourth-order valence-electron chi connectivity index (χ4n) is 4.79. The summed E-state index contributed by atoms with van der Waals surface area (Å²) in [6.45, 7) is 6.87. The Hall–Kier alpha value is -0.830. The van der Waals surface area contributed by atoms with E-state index in [4.69, 9.17) is 4.74 Å². The predicted molar refractivity (Wildman–Crippen MR) is 67.5 cm³/mol. The van der Waals surface area contributed by atoms with Crippen molar-refractivity contribution in [2.75, 3.05) is 0 Å². The number of rotatable bonds is 0. The second kappa shape index (κ2) is 3.60. The molecule has 0 radical (unpaired) electrons. The summed E-state index contributed by atoms with van der Waals surface area (Å²) in [6, 6.07) is 0. The Kier molecular flexibility index (Phi) is 2.44. The maximum absolute atomic E-state index is 11.7. The number of esters is 1. The van der Waals surface area contributed by atoms with Gasteiger partial charge in [-0.3, -0.25) is 0 Å². The van der Waals surface area contributed by atoms with Crippen molar-refractivity contribution in [2.45, 2.75) is 52.7 Å². The molecule has 3 heteroatoms. The van der Waals surface area contributed by atoms with Crippen LogP contribution in [0.15, 0.2) is 11.6 Å². The molecule has 1 N–H and O–H groups in total. The number of allylic oxidation sites excluding steroid dienone is 1. The monoisotopic (exact) mass is 250 g/mol. The number of carbonyl (C=O) groups excluding carboxylic acids is 1. The van der Waals surface area contributed by atoms with Gasteiger partial charge in [-0.25, -0.2) is 4.79 Å². The number of cyclic esters (lactones) is 1. The summed E-state index contributed by atoms with van der Waals surface area (Å²) in [7, 11) is 0. The molecule has 0 bridgehead atoms. The summed E-state index contributed by atoms with van der Waals surface area (Å²) in [5.41, 5.74) is 0.997. The molecular weight excluding hydrogens is 228 g/mol. The maximum Gasteiger partial charge on any atom is 0.336 e. The number of carbonyl (C=O) groups is 1. The van der Waals surface area contributed by atoms with Gasteiger partial charge < -0.3 is 9.84 Å². The second-order valence-corrected chi connectivity index (χ2v) is 7.07. The fourth-order valence-corrected chi connectivity index (χ4v) is 4.79. The normalized spacial score (nSPS) is 45.9. The van der Waals surface area contributed by atoms with Crippen LogP contribution < -0.4 is 0 Å². The lowest BCUT2D eigenvalue weighted by Gasteiger charge is -2.55. The molecule has 0 aromatic rings. The number of aliphatic hydroxyl groups excluding tert-OH is 1. The van der Waals surface area contributed by atoms with Gasteiger partial charge in [0.05, 0.1) is 5.92 Å². The van der Waals surface area contributed by atoms with Gasteiger partial charge in [0.25, 0.3) is 0 Å². The van der Waals surface area contributed by atoms with Gasteiger partial charge in [-0.1, -0.05) is 33.3 Å². The molecule has 1 unspecified atom stereocenters. The molecule has 1 aliphatic heterocycles. The summed E-state index contributed by atoms with van der Waals surface area (Å²) in [5, 5.41) is 10.1. The van der Waals surface area contributed by atoms with E-state index < -0.39 is 6.29 Å².